The van der Waals surface area contributed by atoms with Crippen molar-refractivity contribution in [2.75, 3.05) is 20.2 Å². The van der Waals surface area contributed by atoms with Gasteiger partial charge >= 0.3 is 0 Å². The Morgan fingerprint density at radius 3 is 2.61 bits per heavy atom. The van der Waals surface area contributed by atoms with E-state index in [2.05, 4.69) is 20.2 Å². The first-order valence-corrected chi connectivity index (χ1v) is 10.3. The molecule has 0 bridgehead atoms. The molecule has 4 rings (SSSR count). The molecule has 3 heterocycles. The number of rotatable bonds is 6. The number of carbonyl (C=O) groups is 1. The standard InChI is InChI=1S/C24H25FN4O2/c1-31-23-8-5-17(14-27-23)16-29-11-9-21(10-12-29)28-24(30)19-6-7-22(26-15-19)18-3-2-4-20(25)13-18/h2-8,13-15,21H,9-12,16H2,1H3,(H,28,30). The maximum absolute atomic E-state index is 13.4. The highest BCUT2D eigenvalue weighted by atomic mass is 19.1. The van der Waals surface area contributed by atoms with E-state index in [1.807, 2.05) is 18.3 Å². The molecule has 0 spiro atoms. The highest BCUT2D eigenvalue weighted by molar-refractivity contribution is 5.94. The van der Waals surface area contributed by atoms with E-state index in [1.54, 1.807) is 37.6 Å². The highest BCUT2D eigenvalue weighted by Gasteiger charge is 2.21. The molecule has 0 aliphatic carbocycles. The number of amides is 1. The SMILES string of the molecule is COc1ccc(CN2CCC(NC(=O)c3ccc(-c4cccc(F)c4)nc3)CC2)cn1. The number of halogens is 1. The van der Waals surface area contributed by atoms with Crippen molar-refractivity contribution in [3.05, 3.63) is 77.9 Å². The maximum Gasteiger partial charge on any atom is 0.253 e. The normalized spacial score (nSPS) is 14.9. The molecule has 7 heteroatoms. The summed E-state index contributed by atoms with van der Waals surface area (Å²) in [6.45, 7) is 2.66. The monoisotopic (exact) mass is 420 g/mol. The van der Waals surface area contributed by atoms with Gasteiger partial charge in [0.05, 0.1) is 18.4 Å². The molecule has 1 fully saturated rings. The third-order valence-corrected chi connectivity index (χ3v) is 5.48. The molecule has 160 valence electrons. The fourth-order valence-corrected chi connectivity index (χ4v) is 3.73. The summed E-state index contributed by atoms with van der Waals surface area (Å²) >= 11 is 0. The number of hydrogen-bond donors (Lipinski definition) is 1. The molecule has 6 nitrogen and oxygen atoms in total. The van der Waals surface area contributed by atoms with Gasteiger partial charge < -0.3 is 10.1 Å². The van der Waals surface area contributed by atoms with Crippen LogP contribution >= 0.6 is 0 Å². The van der Waals surface area contributed by atoms with Crippen molar-refractivity contribution in [1.82, 2.24) is 20.2 Å². The van der Waals surface area contributed by atoms with Crippen LogP contribution in [0.5, 0.6) is 5.88 Å². The summed E-state index contributed by atoms with van der Waals surface area (Å²) < 4.78 is 18.5. The van der Waals surface area contributed by atoms with Crippen molar-refractivity contribution in [2.24, 2.45) is 0 Å². The van der Waals surface area contributed by atoms with E-state index in [9.17, 15) is 9.18 Å². The zero-order valence-electron chi connectivity index (χ0n) is 17.4. The van der Waals surface area contributed by atoms with E-state index in [0.717, 1.165) is 38.0 Å². The van der Waals surface area contributed by atoms with E-state index in [4.69, 9.17) is 4.74 Å². The van der Waals surface area contributed by atoms with E-state index >= 15 is 0 Å². The van der Waals surface area contributed by atoms with E-state index in [0.29, 0.717) is 22.7 Å². The minimum absolute atomic E-state index is 0.129. The van der Waals surface area contributed by atoms with Crippen LogP contribution < -0.4 is 10.1 Å². The molecule has 2 aromatic heterocycles. The lowest BCUT2D eigenvalue weighted by atomic mass is 10.0. The van der Waals surface area contributed by atoms with Crippen LogP contribution in [0.25, 0.3) is 11.3 Å². The molecule has 1 aromatic carbocycles. The van der Waals surface area contributed by atoms with Crippen LogP contribution in [0.4, 0.5) is 4.39 Å². The molecule has 1 aliphatic heterocycles. The topological polar surface area (TPSA) is 67.3 Å². The summed E-state index contributed by atoms with van der Waals surface area (Å²) in [6, 6.07) is 13.8. The van der Waals surface area contributed by atoms with Gasteiger partial charge in [-0.15, -0.1) is 0 Å². The van der Waals surface area contributed by atoms with Crippen molar-refractivity contribution in [2.45, 2.75) is 25.4 Å². The van der Waals surface area contributed by atoms with Crippen molar-refractivity contribution in [1.29, 1.82) is 0 Å². The Bertz CT molecular complexity index is 1020. The third kappa shape index (κ3) is 5.44. The molecule has 1 aliphatic rings. The number of piperidine rings is 1. The van der Waals surface area contributed by atoms with Gasteiger partial charge in [0, 0.05) is 49.7 Å². The molecule has 3 aromatic rings. The number of likely N-dealkylation sites (tertiary alicyclic amines) is 1. The fourth-order valence-electron chi connectivity index (χ4n) is 3.73. The molecule has 1 saturated heterocycles. The summed E-state index contributed by atoms with van der Waals surface area (Å²) in [5.41, 5.74) is 2.98. The summed E-state index contributed by atoms with van der Waals surface area (Å²) in [7, 11) is 1.61. The average molecular weight is 420 g/mol. The van der Waals surface area contributed by atoms with Gasteiger partial charge in [-0.05, 0) is 42.7 Å². The lowest BCUT2D eigenvalue weighted by Crippen LogP contribution is -2.44. The number of aromatic nitrogens is 2. The predicted molar refractivity (Wildman–Crippen MR) is 116 cm³/mol. The molecular weight excluding hydrogens is 395 g/mol. The van der Waals surface area contributed by atoms with Gasteiger partial charge in [0.25, 0.3) is 5.91 Å². The Morgan fingerprint density at radius 2 is 1.97 bits per heavy atom. The Kier molecular flexibility index (Phi) is 6.52. The van der Waals surface area contributed by atoms with Crippen LogP contribution in [0.2, 0.25) is 0 Å². The van der Waals surface area contributed by atoms with Crippen LogP contribution in [-0.4, -0.2) is 47.0 Å². The molecule has 0 saturated carbocycles. The van der Waals surface area contributed by atoms with Gasteiger partial charge in [0.1, 0.15) is 5.82 Å². The number of carbonyl (C=O) groups excluding carboxylic acids is 1. The first-order valence-electron chi connectivity index (χ1n) is 10.3. The molecule has 0 atom stereocenters. The van der Waals surface area contributed by atoms with Crippen molar-refractivity contribution < 1.29 is 13.9 Å². The fraction of sp³-hybridized carbons (Fsp3) is 0.292. The van der Waals surface area contributed by atoms with Crippen molar-refractivity contribution >= 4 is 5.91 Å². The second-order valence-electron chi connectivity index (χ2n) is 7.68. The van der Waals surface area contributed by atoms with Crippen LogP contribution in [0.15, 0.2) is 60.9 Å². The highest BCUT2D eigenvalue weighted by Crippen LogP contribution is 2.19. The minimum atomic E-state index is -0.310. The number of benzene rings is 1. The molecule has 0 radical (unpaired) electrons. The third-order valence-electron chi connectivity index (χ3n) is 5.48. The van der Waals surface area contributed by atoms with Crippen LogP contribution in [0.1, 0.15) is 28.8 Å². The van der Waals surface area contributed by atoms with Gasteiger partial charge in [-0.2, -0.15) is 0 Å². The number of methoxy groups -OCH3 is 1. The molecular formula is C24H25FN4O2. The molecule has 31 heavy (non-hydrogen) atoms. The molecule has 0 unspecified atom stereocenters. The zero-order chi connectivity index (χ0) is 21.6. The van der Waals surface area contributed by atoms with E-state index in [1.165, 1.54) is 12.1 Å². The second kappa shape index (κ2) is 9.66. The summed E-state index contributed by atoms with van der Waals surface area (Å²) in [5, 5.41) is 3.11. The Labute approximate surface area is 181 Å². The van der Waals surface area contributed by atoms with Gasteiger partial charge in [0.2, 0.25) is 5.88 Å². The summed E-state index contributed by atoms with van der Waals surface area (Å²) in [4.78, 5) is 23.5. The Hall–Kier alpha value is -3.32. The average Bonchev–Trinajstić information content (AvgIpc) is 2.81. The van der Waals surface area contributed by atoms with Crippen LogP contribution in [-0.2, 0) is 6.54 Å². The number of nitrogens with one attached hydrogen (secondary N) is 1. The van der Waals surface area contributed by atoms with Crippen LogP contribution in [0, 0.1) is 5.82 Å². The second-order valence-corrected chi connectivity index (χ2v) is 7.68. The molecule has 1 N–H and O–H groups in total. The van der Waals surface area contributed by atoms with E-state index < -0.39 is 0 Å². The predicted octanol–water partition coefficient (Wildman–Crippen LogP) is 3.69. The minimum Gasteiger partial charge on any atom is -0.481 e. The van der Waals surface area contributed by atoms with E-state index in [-0.39, 0.29) is 17.8 Å². The lowest BCUT2D eigenvalue weighted by molar-refractivity contribution is 0.0908. The quantitative estimate of drug-likeness (QED) is 0.659. The van der Waals surface area contributed by atoms with Crippen LogP contribution in [0.3, 0.4) is 0 Å². The maximum atomic E-state index is 13.4. The Balaban J connectivity index is 1.27. The largest absolute Gasteiger partial charge is 0.481 e. The van der Waals surface area contributed by atoms with Crippen molar-refractivity contribution in [3.63, 3.8) is 0 Å². The zero-order valence-corrected chi connectivity index (χ0v) is 17.4. The first-order chi connectivity index (χ1) is 15.1. The van der Waals surface area contributed by atoms with Gasteiger partial charge in [-0.3, -0.25) is 14.7 Å². The van der Waals surface area contributed by atoms with Gasteiger partial charge in [-0.1, -0.05) is 18.2 Å². The molecule has 1 amide bonds. The number of hydrogen-bond acceptors (Lipinski definition) is 5. The van der Waals surface area contributed by atoms with Crippen molar-refractivity contribution in [3.8, 4) is 17.1 Å². The number of nitrogens with zero attached hydrogens (tertiary/aromatic N) is 3. The summed E-state index contributed by atoms with van der Waals surface area (Å²) in [6.07, 6.45) is 5.17. The first kappa shape index (κ1) is 20.9. The van der Waals surface area contributed by atoms with Gasteiger partial charge in [0.15, 0.2) is 0 Å². The Morgan fingerprint density at radius 1 is 1.13 bits per heavy atom. The lowest BCUT2D eigenvalue weighted by Gasteiger charge is -2.32. The smallest absolute Gasteiger partial charge is 0.253 e. The summed E-state index contributed by atoms with van der Waals surface area (Å²) in [5.74, 6) is 0.176. The number of pyridine rings is 2. The number of ether oxygens (including phenoxy) is 1. The van der Waals surface area contributed by atoms with Gasteiger partial charge in [-0.25, -0.2) is 9.37 Å².